The van der Waals surface area contributed by atoms with Gasteiger partial charge in [0.15, 0.2) is 0 Å². The first kappa shape index (κ1) is 12.6. The van der Waals surface area contributed by atoms with Crippen molar-refractivity contribution in [1.29, 1.82) is 0 Å². The van der Waals surface area contributed by atoms with E-state index in [1.165, 1.54) is 12.8 Å². The van der Waals surface area contributed by atoms with E-state index in [0.29, 0.717) is 18.8 Å². The fourth-order valence-electron chi connectivity index (χ4n) is 4.10. The van der Waals surface area contributed by atoms with E-state index >= 15 is 0 Å². The number of piperidine rings is 1. The first-order valence-corrected chi connectivity index (χ1v) is 6.27. The van der Waals surface area contributed by atoms with Crippen LogP contribution >= 0.6 is 12.4 Å². The van der Waals surface area contributed by atoms with Crippen LogP contribution in [0.4, 0.5) is 8.78 Å². The highest BCUT2D eigenvalue weighted by Gasteiger charge is 2.80. The Balaban J connectivity index is 0.000000963. The van der Waals surface area contributed by atoms with Crippen LogP contribution in [-0.2, 0) is 0 Å². The highest BCUT2D eigenvalue weighted by atomic mass is 35.5. The molecular formula is C12H20ClF2N. The quantitative estimate of drug-likeness (QED) is 0.755. The van der Waals surface area contributed by atoms with Crippen molar-refractivity contribution in [3.05, 3.63) is 0 Å². The van der Waals surface area contributed by atoms with Crippen LogP contribution in [0.25, 0.3) is 0 Å². The second-order valence-corrected chi connectivity index (χ2v) is 5.55. The summed E-state index contributed by atoms with van der Waals surface area (Å²) in [5.74, 6) is -2.28. The van der Waals surface area contributed by atoms with E-state index in [1.54, 1.807) is 0 Å². The predicted octanol–water partition coefficient (Wildman–Crippen LogP) is 3.23. The lowest BCUT2D eigenvalue weighted by molar-refractivity contribution is 0.0429. The van der Waals surface area contributed by atoms with Gasteiger partial charge in [-0.25, -0.2) is 8.78 Å². The topological polar surface area (TPSA) is 12.0 Å². The van der Waals surface area contributed by atoms with Gasteiger partial charge in [0.1, 0.15) is 0 Å². The summed E-state index contributed by atoms with van der Waals surface area (Å²) in [6.07, 6.45) is 5.84. The lowest BCUT2D eigenvalue weighted by atomic mass is 9.86. The first-order valence-electron chi connectivity index (χ1n) is 6.27. The lowest BCUT2D eigenvalue weighted by Gasteiger charge is -2.23. The zero-order valence-electron chi connectivity index (χ0n) is 9.48. The third-order valence-electron chi connectivity index (χ3n) is 4.93. The maximum atomic E-state index is 14.0. The van der Waals surface area contributed by atoms with Gasteiger partial charge in [-0.2, -0.15) is 0 Å². The molecule has 0 amide bonds. The van der Waals surface area contributed by atoms with E-state index < -0.39 is 11.3 Å². The van der Waals surface area contributed by atoms with Crippen LogP contribution in [0.15, 0.2) is 0 Å². The van der Waals surface area contributed by atoms with Crippen LogP contribution in [0, 0.1) is 17.3 Å². The smallest absolute Gasteiger partial charge is 0.258 e. The van der Waals surface area contributed by atoms with Crippen molar-refractivity contribution in [2.45, 2.75) is 44.4 Å². The molecule has 1 saturated heterocycles. The molecule has 1 spiro atoms. The van der Waals surface area contributed by atoms with Crippen LogP contribution < -0.4 is 5.32 Å². The van der Waals surface area contributed by atoms with Gasteiger partial charge < -0.3 is 5.32 Å². The molecule has 1 unspecified atom stereocenters. The number of hydrogen-bond acceptors (Lipinski definition) is 1. The molecule has 3 aliphatic rings. The summed E-state index contributed by atoms with van der Waals surface area (Å²) in [6, 6.07) is 0. The fraction of sp³-hybridized carbons (Fsp3) is 1.00. The van der Waals surface area contributed by atoms with Gasteiger partial charge in [0.25, 0.3) is 5.92 Å². The molecule has 2 saturated carbocycles. The molecule has 1 N–H and O–H groups in total. The summed E-state index contributed by atoms with van der Waals surface area (Å²) in [4.78, 5) is 0. The number of alkyl halides is 2. The van der Waals surface area contributed by atoms with Crippen molar-refractivity contribution in [1.82, 2.24) is 5.32 Å². The van der Waals surface area contributed by atoms with Crippen LogP contribution in [0.2, 0.25) is 0 Å². The molecule has 2 aliphatic carbocycles. The number of hydrogen-bond donors (Lipinski definition) is 1. The highest BCUT2D eigenvalue weighted by molar-refractivity contribution is 5.85. The molecule has 3 fully saturated rings. The molecule has 1 atom stereocenters. The molecule has 1 aliphatic heterocycles. The second kappa shape index (κ2) is 4.09. The monoisotopic (exact) mass is 251 g/mol. The number of halogens is 3. The van der Waals surface area contributed by atoms with Crippen LogP contribution in [0.3, 0.4) is 0 Å². The van der Waals surface area contributed by atoms with Gasteiger partial charge in [-0.05, 0) is 44.7 Å². The molecule has 1 nitrogen and oxygen atoms in total. The van der Waals surface area contributed by atoms with Crippen LogP contribution in [0.5, 0.6) is 0 Å². The van der Waals surface area contributed by atoms with Crippen molar-refractivity contribution < 1.29 is 8.78 Å². The maximum absolute atomic E-state index is 14.0. The van der Waals surface area contributed by atoms with Crippen LogP contribution in [-0.4, -0.2) is 19.0 Å². The van der Waals surface area contributed by atoms with Crippen molar-refractivity contribution in [3.8, 4) is 0 Å². The Bertz CT molecular complexity index is 258. The minimum atomic E-state index is -2.34. The minimum absolute atomic E-state index is 0. The molecule has 4 heteroatoms. The summed E-state index contributed by atoms with van der Waals surface area (Å²) >= 11 is 0. The average Bonchev–Trinajstić information content (AvgIpc) is 2.63. The lowest BCUT2D eigenvalue weighted by Crippen LogP contribution is -2.32. The van der Waals surface area contributed by atoms with E-state index in [1.807, 2.05) is 0 Å². The van der Waals surface area contributed by atoms with E-state index in [4.69, 9.17) is 0 Å². The first-order chi connectivity index (χ1) is 7.18. The summed E-state index contributed by atoms with van der Waals surface area (Å²) in [5.41, 5.74) is -0.590. The molecule has 3 rings (SSSR count). The van der Waals surface area contributed by atoms with Crippen molar-refractivity contribution in [3.63, 3.8) is 0 Å². The Kier molecular flexibility index (Phi) is 3.21. The van der Waals surface area contributed by atoms with E-state index in [0.717, 1.165) is 25.9 Å². The molecule has 1 heterocycles. The minimum Gasteiger partial charge on any atom is -0.317 e. The average molecular weight is 252 g/mol. The SMILES string of the molecule is Cl.FC1(F)C(C2CCCC2)C12CCNCC2. The highest BCUT2D eigenvalue weighted by Crippen LogP contribution is 2.74. The standard InChI is InChI=1S/C12H19F2N.ClH/c13-12(14)10(9-3-1-2-4-9)11(12)5-7-15-8-6-11;/h9-10,15H,1-8H2;1H. The summed E-state index contributed by atoms with van der Waals surface area (Å²) in [6.45, 7) is 1.58. The summed E-state index contributed by atoms with van der Waals surface area (Å²) < 4.78 is 27.9. The van der Waals surface area contributed by atoms with Gasteiger partial charge in [0, 0.05) is 11.3 Å². The van der Waals surface area contributed by atoms with E-state index in [9.17, 15) is 8.78 Å². The van der Waals surface area contributed by atoms with Crippen molar-refractivity contribution in [2.75, 3.05) is 13.1 Å². The van der Waals surface area contributed by atoms with Gasteiger partial charge in [-0.15, -0.1) is 12.4 Å². The Morgan fingerprint density at radius 3 is 2.12 bits per heavy atom. The number of rotatable bonds is 1. The second-order valence-electron chi connectivity index (χ2n) is 5.55. The third-order valence-corrected chi connectivity index (χ3v) is 4.93. The Morgan fingerprint density at radius 2 is 1.56 bits per heavy atom. The van der Waals surface area contributed by atoms with Gasteiger partial charge in [-0.1, -0.05) is 12.8 Å². The molecular weight excluding hydrogens is 232 g/mol. The van der Waals surface area contributed by atoms with E-state index in [2.05, 4.69) is 5.32 Å². The Hall–Kier alpha value is 0.110. The van der Waals surface area contributed by atoms with Gasteiger partial charge >= 0.3 is 0 Å². The fourth-order valence-corrected chi connectivity index (χ4v) is 4.10. The largest absolute Gasteiger partial charge is 0.317 e. The van der Waals surface area contributed by atoms with Crippen molar-refractivity contribution >= 4 is 12.4 Å². The van der Waals surface area contributed by atoms with Crippen LogP contribution in [0.1, 0.15) is 38.5 Å². The van der Waals surface area contributed by atoms with Gasteiger partial charge in [0.2, 0.25) is 0 Å². The molecule has 0 bridgehead atoms. The molecule has 0 aromatic carbocycles. The Labute approximate surface area is 102 Å². The molecule has 0 radical (unpaired) electrons. The van der Waals surface area contributed by atoms with Gasteiger partial charge in [-0.3, -0.25) is 0 Å². The molecule has 16 heavy (non-hydrogen) atoms. The molecule has 94 valence electrons. The normalized spacial score (nSPS) is 36.0. The van der Waals surface area contributed by atoms with Gasteiger partial charge in [0.05, 0.1) is 0 Å². The zero-order chi connectivity index (χ0) is 10.5. The van der Waals surface area contributed by atoms with E-state index in [-0.39, 0.29) is 18.3 Å². The number of nitrogens with one attached hydrogen (secondary N) is 1. The summed E-state index contributed by atoms with van der Waals surface area (Å²) in [7, 11) is 0. The zero-order valence-corrected chi connectivity index (χ0v) is 10.3. The molecule has 0 aromatic rings. The third kappa shape index (κ3) is 1.51. The predicted molar refractivity (Wildman–Crippen MR) is 62.2 cm³/mol. The Morgan fingerprint density at radius 1 is 1.00 bits per heavy atom. The van der Waals surface area contributed by atoms with Crippen molar-refractivity contribution in [2.24, 2.45) is 17.3 Å². The molecule has 0 aromatic heterocycles. The maximum Gasteiger partial charge on any atom is 0.258 e. The summed E-state index contributed by atoms with van der Waals surface area (Å²) in [5, 5.41) is 3.20.